The van der Waals surface area contributed by atoms with Crippen molar-refractivity contribution in [3.8, 4) is 5.69 Å². The molecule has 1 aromatic heterocycles. The molecule has 10 nitrogen and oxygen atoms in total. The van der Waals surface area contributed by atoms with Crippen molar-refractivity contribution in [2.45, 2.75) is 66.5 Å². The van der Waals surface area contributed by atoms with E-state index in [1.807, 2.05) is 0 Å². The topological polar surface area (TPSA) is 129 Å². The highest BCUT2D eigenvalue weighted by molar-refractivity contribution is 6.00. The highest BCUT2D eigenvalue weighted by Gasteiger charge is 2.31. The highest BCUT2D eigenvalue weighted by Crippen LogP contribution is 2.19. The van der Waals surface area contributed by atoms with Gasteiger partial charge in [-0.25, -0.2) is 13.9 Å². The summed E-state index contributed by atoms with van der Waals surface area (Å²) in [6.45, 7) is 10.5. The average Bonchev–Trinajstić information content (AvgIpc) is 3.14. The summed E-state index contributed by atoms with van der Waals surface area (Å²) in [4.78, 5) is 50.6. The number of ether oxygens (including phenoxy) is 2. The summed E-state index contributed by atoms with van der Waals surface area (Å²) in [5.41, 5.74) is 1.81. The molecule has 0 aliphatic carbocycles. The molecular formula is C26H35FN4O6. The number of nitrogens with one attached hydrogen (secondary N) is 2. The van der Waals surface area contributed by atoms with Crippen LogP contribution >= 0.6 is 0 Å². The molecule has 202 valence electrons. The Kier molecular flexibility index (Phi) is 10.8. The van der Waals surface area contributed by atoms with Gasteiger partial charge >= 0.3 is 11.9 Å². The first-order valence-electron chi connectivity index (χ1n) is 12.3. The smallest absolute Gasteiger partial charge is 0.328 e. The minimum atomic E-state index is -1.08. The van der Waals surface area contributed by atoms with Gasteiger partial charge < -0.3 is 20.1 Å². The van der Waals surface area contributed by atoms with Gasteiger partial charge in [0.25, 0.3) is 5.91 Å². The molecule has 0 fully saturated rings. The zero-order valence-corrected chi connectivity index (χ0v) is 22.1. The molecule has 2 aromatic rings. The molecule has 11 heteroatoms. The fraction of sp³-hybridized carbons (Fsp3) is 0.500. The number of amides is 2. The minimum Gasteiger partial charge on any atom is -0.466 e. The second kappa shape index (κ2) is 13.5. The summed E-state index contributed by atoms with van der Waals surface area (Å²) in [5.74, 6) is -3.00. The van der Waals surface area contributed by atoms with Gasteiger partial charge in [-0.15, -0.1) is 0 Å². The van der Waals surface area contributed by atoms with E-state index >= 15 is 0 Å². The molecule has 2 rings (SSSR count). The molecule has 1 heterocycles. The number of hydrogen-bond donors (Lipinski definition) is 2. The summed E-state index contributed by atoms with van der Waals surface area (Å²) >= 11 is 0. The second-order valence-electron chi connectivity index (χ2n) is 8.79. The summed E-state index contributed by atoms with van der Waals surface area (Å²) in [6, 6.07) is 3.62. The maximum absolute atomic E-state index is 13.3. The number of rotatable bonds is 12. The predicted molar refractivity (Wildman–Crippen MR) is 134 cm³/mol. The normalized spacial score (nSPS) is 12.5. The molecule has 0 saturated carbocycles. The van der Waals surface area contributed by atoms with E-state index in [2.05, 4.69) is 15.7 Å². The highest BCUT2D eigenvalue weighted by atomic mass is 19.1. The van der Waals surface area contributed by atoms with Crippen LogP contribution in [0.2, 0.25) is 0 Å². The van der Waals surface area contributed by atoms with Crippen LogP contribution in [0.5, 0.6) is 0 Å². The van der Waals surface area contributed by atoms with Crippen molar-refractivity contribution >= 4 is 23.8 Å². The lowest BCUT2D eigenvalue weighted by Gasteiger charge is -2.25. The Morgan fingerprint density at radius 3 is 2.19 bits per heavy atom. The molecule has 0 aliphatic heterocycles. The van der Waals surface area contributed by atoms with Crippen molar-refractivity contribution in [3.63, 3.8) is 0 Å². The first-order chi connectivity index (χ1) is 17.5. The quantitative estimate of drug-likeness (QED) is 0.414. The molecule has 2 atom stereocenters. The second-order valence-corrected chi connectivity index (χ2v) is 8.79. The van der Waals surface area contributed by atoms with Gasteiger partial charge in [-0.3, -0.25) is 14.4 Å². The van der Waals surface area contributed by atoms with Gasteiger partial charge in [-0.2, -0.15) is 5.10 Å². The van der Waals surface area contributed by atoms with Gasteiger partial charge in [-0.05, 0) is 64.3 Å². The Morgan fingerprint density at radius 1 is 1.00 bits per heavy atom. The van der Waals surface area contributed by atoms with Gasteiger partial charge in [-0.1, -0.05) is 13.8 Å². The molecule has 2 amide bonds. The van der Waals surface area contributed by atoms with Crippen LogP contribution in [0.1, 0.15) is 62.3 Å². The van der Waals surface area contributed by atoms with Gasteiger partial charge in [0.2, 0.25) is 5.91 Å². The average molecular weight is 519 g/mol. The van der Waals surface area contributed by atoms with Crippen molar-refractivity contribution in [2.75, 3.05) is 13.2 Å². The maximum atomic E-state index is 13.3. The maximum Gasteiger partial charge on any atom is 0.328 e. The third-order valence-corrected chi connectivity index (χ3v) is 5.66. The van der Waals surface area contributed by atoms with E-state index in [1.165, 1.54) is 16.8 Å². The molecule has 0 radical (unpaired) electrons. The number of carbonyl (C=O) groups excluding carboxylic acids is 4. The summed E-state index contributed by atoms with van der Waals surface area (Å²) < 4.78 is 24.8. The van der Waals surface area contributed by atoms with Crippen LogP contribution in [0.15, 0.2) is 24.3 Å². The molecule has 0 aliphatic rings. The lowest BCUT2D eigenvalue weighted by atomic mass is 10.0. The Balaban J connectivity index is 2.22. The lowest BCUT2D eigenvalue weighted by Crippen LogP contribution is -2.54. The van der Waals surface area contributed by atoms with E-state index in [1.54, 1.807) is 53.7 Å². The van der Waals surface area contributed by atoms with Crippen molar-refractivity contribution < 1.29 is 33.0 Å². The Morgan fingerprint density at radius 2 is 1.62 bits per heavy atom. The monoisotopic (exact) mass is 518 g/mol. The number of esters is 2. The molecule has 1 aromatic carbocycles. The zero-order chi connectivity index (χ0) is 27.7. The van der Waals surface area contributed by atoms with Crippen LogP contribution < -0.4 is 10.6 Å². The van der Waals surface area contributed by atoms with E-state index in [9.17, 15) is 23.6 Å². The van der Waals surface area contributed by atoms with Gasteiger partial charge in [0, 0.05) is 6.42 Å². The van der Waals surface area contributed by atoms with Crippen LogP contribution in [-0.4, -0.2) is 58.8 Å². The Hall–Kier alpha value is -3.76. The number of halogens is 1. The summed E-state index contributed by atoms with van der Waals surface area (Å²) in [5, 5.41) is 9.76. The largest absolute Gasteiger partial charge is 0.466 e. The van der Waals surface area contributed by atoms with E-state index in [0.29, 0.717) is 17.1 Å². The number of aryl methyl sites for hydroxylation is 1. The van der Waals surface area contributed by atoms with Crippen LogP contribution in [-0.2, 0) is 23.9 Å². The minimum absolute atomic E-state index is 0.00910. The summed E-state index contributed by atoms with van der Waals surface area (Å²) in [6.07, 6.45) is -0.0951. The number of hydrogen-bond acceptors (Lipinski definition) is 7. The summed E-state index contributed by atoms with van der Waals surface area (Å²) in [7, 11) is 0. The fourth-order valence-electron chi connectivity index (χ4n) is 3.80. The number of aromatic nitrogens is 2. The third-order valence-electron chi connectivity index (χ3n) is 5.66. The van der Waals surface area contributed by atoms with Gasteiger partial charge in [0.15, 0.2) is 0 Å². The van der Waals surface area contributed by atoms with Crippen molar-refractivity contribution in [1.29, 1.82) is 0 Å². The number of carbonyl (C=O) groups is 4. The third kappa shape index (κ3) is 7.86. The first-order valence-corrected chi connectivity index (χ1v) is 12.3. The molecule has 0 saturated heterocycles. The standard InChI is InChI=1S/C26H35FN4O6/c1-7-36-21(32)14-13-20(26(35)37-8-2)28-25(34)23(15(3)4)29-24(33)22-16(5)30-31(17(22)6)19-11-9-18(27)10-12-19/h9-12,15,20,23H,7-8,13-14H2,1-6H3,(H,28,34)(H,29,33)/t20-,23+/m1/s1. The lowest BCUT2D eigenvalue weighted by molar-refractivity contribution is -0.149. The molecule has 0 unspecified atom stereocenters. The molecule has 37 heavy (non-hydrogen) atoms. The van der Waals surface area contributed by atoms with E-state index in [-0.39, 0.29) is 37.5 Å². The van der Waals surface area contributed by atoms with Crippen LogP contribution in [0.25, 0.3) is 5.69 Å². The van der Waals surface area contributed by atoms with E-state index in [4.69, 9.17) is 9.47 Å². The number of benzene rings is 1. The van der Waals surface area contributed by atoms with E-state index in [0.717, 1.165) is 0 Å². The Labute approximate surface area is 215 Å². The fourth-order valence-corrected chi connectivity index (χ4v) is 3.80. The SMILES string of the molecule is CCOC(=O)CC[C@@H](NC(=O)[C@@H](NC(=O)c1c(C)nn(-c2ccc(F)cc2)c1C)C(C)C)C(=O)OCC. The van der Waals surface area contributed by atoms with Gasteiger partial charge in [0.1, 0.15) is 17.9 Å². The van der Waals surface area contributed by atoms with Crippen LogP contribution in [0.3, 0.4) is 0 Å². The van der Waals surface area contributed by atoms with Crippen LogP contribution in [0.4, 0.5) is 4.39 Å². The van der Waals surface area contributed by atoms with Crippen molar-refractivity contribution in [1.82, 2.24) is 20.4 Å². The molecule has 0 bridgehead atoms. The Bertz CT molecular complexity index is 1110. The van der Waals surface area contributed by atoms with Gasteiger partial charge in [0.05, 0.1) is 35.9 Å². The van der Waals surface area contributed by atoms with Crippen molar-refractivity contribution in [3.05, 3.63) is 47.0 Å². The van der Waals surface area contributed by atoms with E-state index < -0.39 is 41.7 Å². The van der Waals surface area contributed by atoms with Crippen molar-refractivity contribution in [2.24, 2.45) is 5.92 Å². The first kappa shape index (κ1) is 29.5. The molecular weight excluding hydrogens is 483 g/mol. The molecule has 2 N–H and O–H groups in total. The number of nitrogens with zero attached hydrogens (tertiary/aromatic N) is 2. The predicted octanol–water partition coefficient (Wildman–Crippen LogP) is 2.77. The van der Waals surface area contributed by atoms with Crippen LogP contribution in [0, 0.1) is 25.6 Å². The molecule has 0 spiro atoms. The zero-order valence-electron chi connectivity index (χ0n) is 22.1.